The van der Waals surface area contributed by atoms with Crippen LogP contribution >= 0.6 is 12.2 Å². The van der Waals surface area contributed by atoms with Crippen molar-refractivity contribution in [3.8, 4) is 5.75 Å². The smallest absolute Gasteiger partial charge is 0.334 e. The zero-order valence-electron chi connectivity index (χ0n) is 10.6. The average molecular weight is 288 g/mol. The van der Waals surface area contributed by atoms with Gasteiger partial charge in [0.1, 0.15) is 10.7 Å². The van der Waals surface area contributed by atoms with E-state index in [4.69, 9.17) is 17.6 Å². The minimum absolute atomic E-state index is 0.0863. The maximum Gasteiger partial charge on any atom is 0.334 e. The highest BCUT2D eigenvalue weighted by Crippen LogP contribution is 2.36. The summed E-state index contributed by atoms with van der Waals surface area (Å²) in [4.78, 5) is 11.8. The number of thiocarbonyl (C=S) groups is 1. The van der Waals surface area contributed by atoms with Gasteiger partial charge < -0.3 is 15.5 Å². The number of phenols is 1. The van der Waals surface area contributed by atoms with Gasteiger partial charge in [0.15, 0.2) is 0 Å². The van der Waals surface area contributed by atoms with Gasteiger partial charge in [-0.3, -0.25) is 5.41 Å². The van der Waals surface area contributed by atoms with Crippen LogP contribution in [0.4, 0.5) is 0 Å². The molecule has 0 spiro atoms. The fourth-order valence-corrected chi connectivity index (χ4v) is 2.53. The van der Waals surface area contributed by atoms with Crippen LogP contribution in [0.1, 0.15) is 18.4 Å². The van der Waals surface area contributed by atoms with Gasteiger partial charge in [0.05, 0.1) is 17.1 Å². The number of phenolic OH excluding ortho intramolecular Hbond substituents is 1. The summed E-state index contributed by atoms with van der Waals surface area (Å²) in [6.45, 7) is 1.63. The van der Waals surface area contributed by atoms with Gasteiger partial charge in [-0.05, 0) is 30.5 Å². The first-order valence-electron chi connectivity index (χ1n) is 5.79. The quantitative estimate of drug-likeness (QED) is 0.379. The second-order valence-corrected chi connectivity index (χ2v) is 4.77. The molecule has 5 nitrogen and oxygen atoms in total. The summed E-state index contributed by atoms with van der Waals surface area (Å²) in [6.07, 6.45) is 0. The van der Waals surface area contributed by atoms with Crippen LogP contribution in [-0.2, 0) is 4.79 Å². The second-order valence-electron chi connectivity index (χ2n) is 4.36. The van der Waals surface area contributed by atoms with E-state index in [-0.39, 0.29) is 11.3 Å². The van der Waals surface area contributed by atoms with Crippen LogP contribution in [0.25, 0.3) is 0 Å². The van der Waals surface area contributed by atoms with Gasteiger partial charge in [-0.2, -0.15) is 0 Å². The maximum atomic E-state index is 11.5. The third-order valence-corrected chi connectivity index (χ3v) is 3.44. The molecule has 1 aliphatic rings. The van der Waals surface area contributed by atoms with Crippen molar-refractivity contribution in [2.24, 2.45) is 0 Å². The Kier molecular flexibility index (Phi) is 3.70. The Bertz CT molecular complexity index is 670. The molecule has 102 valence electrons. The minimum Gasteiger partial charge on any atom is -0.508 e. The summed E-state index contributed by atoms with van der Waals surface area (Å²) >= 11 is 5.14. The van der Waals surface area contributed by atoms with Crippen LogP contribution in [-0.4, -0.2) is 27.0 Å². The van der Waals surface area contributed by atoms with Crippen molar-refractivity contribution in [1.82, 2.24) is 5.32 Å². The van der Waals surface area contributed by atoms with Crippen LogP contribution in [0.15, 0.2) is 41.1 Å². The fourth-order valence-electron chi connectivity index (χ4n) is 2.21. The van der Waals surface area contributed by atoms with Gasteiger partial charge in [0, 0.05) is 5.70 Å². The third-order valence-electron chi connectivity index (χ3n) is 3.12. The first-order chi connectivity index (χ1) is 9.45. The van der Waals surface area contributed by atoms with Crippen molar-refractivity contribution in [3.05, 3.63) is 46.7 Å². The summed E-state index contributed by atoms with van der Waals surface area (Å²) in [5, 5.41) is 28.9. The van der Waals surface area contributed by atoms with Crippen molar-refractivity contribution >= 4 is 29.0 Å². The zero-order valence-corrected chi connectivity index (χ0v) is 11.4. The van der Waals surface area contributed by atoms with Crippen LogP contribution in [0.2, 0.25) is 0 Å². The number of aromatic hydroxyl groups is 1. The molecule has 0 amide bonds. The summed E-state index contributed by atoms with van der Waals surface area (Å²) in [7, 11) is 0. The number of hydrogen-bond donors (Lipinski definition) is 4. The van der Waals surface area contributed by atoms with Crippen LogP contribution < -0.4 is 5.32 Å². The summed E-state index contributed by atoms with van der Waals surface area (Å²) in [5.74, 6) is 0.564. The molecule has 0 fully saturated rings. The highest BCUT2D eigenvalue weighted by Gasteiger charge is 2.34. The molecular formula is C14H12N2O3S. The number of aliphatic carboxylic acids is 1. The monoisotopic (exact) mass is 288 g/mol. The van der Waals surface area contributed by atoms with Crippen molar-refractivity contribution in [2.75, 3.05) is 0 Å². The molecule has 1 atom stereocenters. The zero-order chi connectivity index (χ0) is 14.9. The Morgan fingerprint density at radius 1 is 1.40 bits per heavy atom. The molecule has 0 aliphatic carbocycles. The van der Waals surface area contributed by atoms with Gasteiger partial charge in [-0.1, -0.05) is 24.4 Å². The number of allylic oxidation sites excluding steroid dienone is 1. The second kappa shape index (κ2) is 5.28. The van der Waals surface area contributed by atoms with Gasteiger partial charge in [-0.15, -0.1) is 0 Å². The molecule has 0 aromatic heterocycles. The van der Waals surface area contributed by atoms with Crippen LogP contribution in [0, 0.1) is 5.41 Å². The molecule has 0 saturated carbocycles. The van der Waals surface area contributed by atoms with Gasteiger partial charge in [0.25, 0.3) is 0 Å². The fraction of sp³-hybridized carbons (Fsp3) is 0.143. The first-order valence-corrected chi connectivity index (χ1v) is 6.20. The van der Waals surface area contributed by atoms with E-state index in [1.165, 1.54) is 12.1 Å². The largest absolute Gasteiger partial charge is 0.508 e. The third kappa shape index (κ3) is 2.34. The van der Waals surface area contributed by atoms with Crippen molar-refractivity contribution in [1.29, 1.82) is 5.41 Å². The number of hydrogen-bond acceptors (Lipinski definition) is 4. The molecule has 1 unspecified atom stereocenters. The highest BCUT2D eigenvalue weighted by atomic mass is 32.1. The minimum atomic E-state index is -1.08. The molecule has 0 radical (unpaired) electrons. The molecule has 1 heterocycles. The molecule has 0 saturated heterocycles. The Labute approximate surface area is 120 Å². The van der Waals surface area contributed by atoms with Gasteiger partial charge >= 0.3 is 5.97 Å². The predicted molar refractivity (Wildman–Crippen MR) is 78.2 cm³/mol. The Morgan fingerprint density at radius 2 is 2.00 bits per heavy atom. The summed E-state index contributed by atoms with van der Waals surface area (Å²) in [6, 6.07) is 6.16. The summed E-state index contributed by atoms with van der Waals surface area (Å²) < 4.78 is 0. The predicted octanol–water partition coefficient (Wildman–Crippen LogP) is 1.94. The number of benzene rings is 1. The molecule has 1 aliphatic heterocycles. The van der Waals surface area contributed by atoms with E-state index in [1.54, 1.807) is 19.1 Å². The molecule has 0 bridgehead atoms. The first kappa shape index (κ1) is 14.0. The van der Waals surface area contributed by atoms with E-state index in [2.05, 4.69) is 11.2 Å². The van der Waals surface area contributed by atoms with E-state index in [0.717, 1.165) is 0 Å². The molecule has 2 rings (SSSR count). The van der Waals surface area contributed by atoms with Crippen molar-refractivity contribution in [3.63, 3.8) is 0 Å². The lowest BCUT2D eigenvalue weighted by Gasteiger charge is -2.28. The lowest BCUT2D eigenvalue weighted by Crippen LogP contribution is -2.35. The van der Waals surface area contributed by atoms with E-state index in [9.17, 15) is 15.0 Å². The Hall–Kier alpha value is -2.43. The standard InChI is InChI=1S/C14H12N2O3S/c1-7-11(14(18)19)12(10(6-15)13(20)16-7)8-2-4-9(17)5-3-8/h2-5,12,15,17H,1H3,(H,16,20)(H,18,19). The van der Waals surface area contributed by atoms with E-state index < -0.39 is 11.9 Å². The van der Waals surface area contributed by atoms with Crippen molar-refractivity contribution < 1.29 is 15.0 Å². The molecule has 1 aromatic rings. The Morgan fingerprint density at radius 3 is 2.50 bits per heavy atom. The number of carboxylic acids is 1. The van der Waals surface area contributed by atoms with Crippen LogP contribution in [0.5, 0.6) is 5.75 Å². The number of rotatable bonds is 2. The van der Waals surface area contributed by atoms with E-state index >= 15 is 0 Å². The topological polar surface area (TPSA) is 93.4 Å². The van der Waals surface area contributed by atoms with Gasteiger partial charge in [0.2, 0.25) is 0 Å². The highest BCUT2D eigenvalue weighted by molar-refractivity contribution is 7.80. The number of carbonyl (C=O) groups is 1. The summed E-state index contributed by atoms with van der Waals surface area (Å²) in [5.41, 5.74) is 1.51. The SMILES string of the molecule is CC1=C(C(=O)O)C(c2ccc(O)cc2)C(=C=N)C(=S)N1. The Balaban J connectivity index is 2.67. The molecular weight excluding hydrogens is 276 g/mol. The molecule has 20 heavy (non-hydrogen) atoms. The van der Waals surface area contributed by atoms with E-state index in [0.29, 0.717) is 21.8 Å². The molecule has 1 aromatic carbocycles. The maximum absolute atomic E-state index is 11.5. The van der Waals surface area contributed by atoms with Crippen molar-refractivity contribution in [2.45, 2.75) is 12.8 Å². The molecule has 4 N–H and O–H groups in total. The lowest BCUT2D eigenvalue weighted by molar-refractivity contribution is -0.133. The van der Waals surface area contributed by atoms with Crippen LogP contribution in [0.3, 0.4) is 0 Å². The lowest BCUT2D eigenvalue weighted by atomic mass is 9.81. The normalized spacial score (nSPS) is 18.6. The van der Waals surface area contributed by atoms with Gasteiger partial charge in [-0.25, -0.2) is 4.79 Å². The average Bonchev–Trinajstić information content (AvgIpc) is 2.38. The number of nitrogens with one attached hydrogen (secondary N) is 2. The number of carboxylic acid groups (broad SMARTS) is 1. The van der Waals surface area contributed by atoms with E-state index in [1.807, 2.05) is 0 Å². The molecule has 6 heteroatoms.